The predicted molar refractivity (Wildman–Crippen MR) is 344 cm³/mol. The number of aromatic nitrogens is 1. The number of rotatable bonds is 13. The van der Waals surface area contributed by atoms with Crippen molar-refractivity contribution in [1.29, 1.82) is 0 Å². The normalized spacial score (nSPS) is 14.2. The van der Waals surface area contributed by atoms with Crippen LogP contribution >= 0.6 is 0 Å². The molecule has 0 unspecified atom stereocenters. The fraction of sp³-hybridized carbons (Fsp3) is 0.0500. The van der Waals surface area contributed by atoms with Crippen molar-refractivity contribution in [3.05, 3.63) is 389 Å². The fourth-order valence-corrected chi connectivity index (χ4v) is 13.6. The number of allylic oxidation sites excluding steroid dienone is 7. The zero-order valence-electron chi connectivity index (χ0n) is 45.8. The van der Waals surface area contributed by atoms with E-state index in [4.69, 9.17) is 0 Å². The minimum Gasteiger partial charge on any atom is -0.362 e. The number of para-hydroxylation sites is 2. The second kappa shape index (κ2) is 21.4. The number of benzene rings is 11. The molecule has 11 aromatic carbocycles. The maximum absolute atomic E-state index is 3.63. The first-order chi connectivity index (χ1) is 40.7. The summed E-state index contributed by atoms with van der Waals surface area (Å²) in [7, 11) is 0. The number of nitrogens with one attached hydrogen (secondary N) is 1. The average molecular weight is 1050 g/mol. The summed E-state index contributed by atoms with van der Waals surface area (Å²) in [5.41, 5.74) is 23.3. The zero-order valence-corrected chi connectivity index (χ0v) is 45.8. The first-order valence-corrected chi connectivity index (χ1v) is 28.6. The van der Waals surface area contributed by atoms with Crippen LogP contribution in [-0.2, 0) is 17.3 Å². The summed E-state index contributed by atoms with van der Waals surface area (Å²) in [6, 6.07) is 103. The predicted octanol–water partition coefficient (Wildman–Crippen LogP) is 19.4. The van der Waals surface area contributed by atoms with Crippen molar-refractivity contribution < 1.29 is 0 Å². The van der Waals surface area contributed by atoms with Crippen molar-refractivity contribution in [2.24, 2.45) is 0 Å². The van der Waals surface area contributed by atoms with Crippen LogP contribution in [0.4, 0.5) is 0 Å². The highest BCUT2D eigenvalue weighted by atomic mass is 15.0. The topological polar surface area (TPSA) is 17.0 Å². The lowest BCUT2D eigenvalue weighted by molar-refractivity contribution is 0.623. The quantitative estimate of drug-likeness (QED) is 0.114. The van der Waals surface area contributed by atoms with E-state index in [1.807, 2.05) is 0 Å². The molecule has 0 bridgehead atoms. The Morgan fingerprint density at radius 3 is 1.67 bits per heavy atom. The van der Waals surface area contributed by atoms with Gasteiger partial charge in [0.15, 0.2) is 0 Å². The average Bonchev–Trinajstić information content (AvgIpc) is 2.87. The zero-order chi connectivity index (χ0) is 54.9. The van der Waals surface area contributed by atoms with Crippen LogP contribution in [0.1, 0.15) is 68.1 Å². The Morgan fingerprint density at radius 2 is 1.00 bits per heavy atom. The molecule has 2 aliphatic carbocycles. The molecule has 0 fully saturated rings. The third-order valence-electron chi connectivity index (χ3n) is 17.1. The summed E-state index contributed by atoms with van der Waals surface area (Å²) < 4.78 is 2.37. The summed E-state index contributed by atoms with van der Waals surface area (Å²) in [5.74, 6) is 0. The van der Waals surface area contributed by atoms with E-state index in [0.29, 0.717) is 0 Å². The minimum atomic E-state index is -0.609. The maximum Gasteiger partial charge on any atom is 0.0720 e. The van der Waals surface area contributed by atoms with Crippen LogP contribution in [0.15, 0.2) is 327 Å². The molecule has 0 atom stereocenters. The van der Waals surface area contributed by atoms with Gasteiger partial charge in [-0.3, -0.25) is 0 Å². The van der Waals surface area contributed by atoms with Gasteiger partial charge in [-0.25, -0.2) is 0 Å². The molecule has 0 aliphatic heterocycles. The van der Waals surface area contributed by atoms with Gasteiger partial charge >= 0.3 is 0 Å². The second-order valence-electron chi connectivity index (χ2n) is 21.4. The lowest BCUT2D eigenvalue weighted by Crippen LogP contribution is -2.44. The molecule has 0 amide bonds. The summed E-state index contributed by atoms with van der Waals surface area (Å²) in [6.45, 7) is 2.09. The van der Waals surface area contributed by atoms with Crippen molar-refractivity contribution >= 4 is 33.5 Å². The first kappa shape index (κ1) is 50.0. The van der Waals surface area contributed by atoms with E-state index in [0.717, 1.165) is 23.3 Å². The van der Waals surface area contributed by atoms with Gasteiger partial charge in [-0.2, -0.15) is 0 Å². The molecule has 2 aliphatic rings. The Bertz CT molecular complexity index is 4390. The van der Waals surface area contributed by atoms with Gasteiger partial charge in [0.25, 0.3) is 0 Å². The van der Waals surface area contributed by atoms with Gasteiger partial charge in [-0.05, 0) is 145 Å². The molecule has 1 heterocycles. The molecule has 12 aromatic rings. The van der Waals surface area contributed by atoms with Gasteiger partial charge in [0.05, 0.1) is 21.9 Å². The van der Waals surface area contributed by atoms with Crippen molar-refractivity contribution in [1.82, 2.24) is 9.88 Å². The van der Waals surface area contributed by atoms with E-state index >= 15 is 0 Å². The summed E-state index contributed by atoms with van der Waals surface area (Å²) in [4.78, 5) is 0. The summed E-state index contributed by atoms with van der Waals surface area (Å²) in [5, 5.41) is 6.16. The van der Waals surface area contributed by atoms with Crippen molar-refractivity contribution in [2.45, 2.75) is 24.2 Å². The van der Waals surface area contributed by atoms with E-state index in [1.54, 1.807) is 0 Å². The van der Waals surface area contributed by atoms with E-state index in [1.165, 1.54) is 105 Å². The molecule has 82 heavy (non-hydrogen) atoms. The highest BCUT2D eigenvalue weighted by Crippen LogP contribution is 2.65. The van der Waals surface area contributed by atoms with Gasteiger partial charge in [0.1, 0.15) is 0 Å². The highest BCUT2D eigenvalue weighted by molar-refractivity contribution is 6.09. The molecule has 2 heteroatoms. The van der Waals surface area contributed by atoms with Crippen LogP contribution in [-0.4, -0.2) is 4.57 Å². The van der Waals surface area contributed by atoms with E-state index in [9.17, 15) is 0 Å². The van der Waals surface area contributed by atoms with Crippen molar-refractivity contribution in [3.63, 3.8) is 0 Å². The van der Waals surface area contributed by atoms with Gasteiger partial charge in [-0.1, -0.05) is 279 Å². The van der Waals surface area contributed by atoms with E-state index in [2.05, 4.69) is 345 Å². The third kappa shape index (κ3) is 8.34. The van der Waals surface area contributed by atoms with Crippen LogP contribution in [0.25, 0.3) is 61.4 Å². The molecule has 1 N–H and O–H groups in total. The standard InChI is InChI=1S/C80H60N2/c1-2-64(34-23-26-58-50-54-77-69(56-58)67-37-16-22-46-76(67)82(77)65-35-13-6-14-36-65)81-55-25-29-61(53-49-57-47-51-60(52-48-57)59-27-7-3-8-28-59)66-39-24-45-75-78(66)68-38-15-17-40-70(68)80(75)73-43-20-18-41-71(73)79(62-30-9-4-10-31-62,63-32-11-5-12-33-63)72-42-19-21-44-74(72)80/h2-25,27-56,81H,26H2,1H3/b34-23-,53-49-,55-25+,61-29+,64-2+. The molecule has 0 radical (unpaired) electrons. The van der Waals surface area contributed by atoms with Gasteiger partial charge < -0.3 is 9.88 Å². The van der Waals surface area contributed by atoms with Crippen LogP contribution in [0.3, 0.4) is 0 Å². The van der Waals surface area contributed by atoms with E-state index in [-0.39, 0.29) is 0 Å². The van der Waals surface area contributed by atoms with Crippen molar-refractivity contribution in [3.8, 4) is 27.9 Å². The molecule has 1 spiro atoms. The third-order valence-corrected chi connectivity index (χ3v) is 17.1. The Hall–Kier alpha value is -10.3. The number of hydrogen-bond acceptors (Lipinski definition) is 1. The SMILES string of the molecule is C/C=C(\C=C/Cc1ccc2c(c1)c1ccccc1n2-c1ccccc1)N/C=C/C=C(\C=C/c1ccc(-c2ccccc2)cc1)c1cccc2c1-c1ccccc1C21c2ccccc2C(c2ccccc2)(c2ccccc2)c2ccccc21. The first-order valence-electron chi connectivity index (χ1n) is 28.6. The van der Waals surface area contributed by atoms with Crippen LogP contribution in [0.5, 0.6) is 0 Å². The van der Waals surface area contributed by atoms with Crippen LogP contribution in [0.2, 0.25) is 0 Å². The molecule has 14 rings (SSSR count). The molecule has 2 nitrogen and oxygen atoms in total. The molecule has 0 saturated carbocycles. The minimum absolute atomic E-state index is 0.571. The maximum atomic E-state index is 3.63. The Balaban J connectivity index is 0.852. The lowest BCUT2D eigenvalue weighted by Gasteiger charge is -2.50. The molecule has 1 aromatic heterocycles. The van der Waals surface area contributed by atoms with Gasteiger partial charge in [0.2, 0.25) is 0 Å². The summed E-state index contributed by atoms with van der Waals surface area (Å²) in [6.07, 6.45) is 18.4. The van der Waals surface area contributed by atoms with E-state index < -0.39 is 10.8 Å². The smallest absolute Gasteiger partial charge is 0.0720 e. The molecule has 390 valence electrons. The molecule has 0 saturated heterocycles. The van der Waals surface area contributed by atoms with Gasteiger partial charge in [0, 0.05) is 28.4 Å². The molecular formula is C80H60N2. The van der Waals surface area contributed by atoms with Crippen LogP contribution in [0, 0.1) is 0 Å². The van der Waals surface area contributed by atoms with Crippen LogP contribution < -0.4 is 5.32 Å². The summed E-state index contributed by atoms with van der Waals surface area (Å²) >= 11 is 0. The largest absolute Gasteiger partial charge is 0.362 e. The Labute approximate surface area is 481 Å². The second-order valence-corrected chi connectivity index (χ2v) is 21.4. The number of fused-ring (bicyclic) bond motifs is 12. The molecular weight excluding hydrogens is 989 g/mol. The van der Waals surface area contributed by atoms with Crippen molar-refractivity contribution in [2.75, 3.05) is 0 Å². The highest BCUT2D eigenvalue weighted by Gasteiger charge is 2.57. The van der Waals surface area contributed by atoms with Gasteiger partial charge in [-0.15, -0.1) is 0 Å². The number of hydrogen-bond donors (Lipinski definition) is 1. The fourth-order valence-electron chi connectivity index (χ4n) is 13.6. The monoisotopic (exact) mass is 1050 g/mol. The number of nitrogens with zero attached hydrogens (tertiary/aromatic N) is 1. The Kier molecular flexibility index (Phi) is 13.0. The lowest BCUT2D eigenvalue weighted by atomic mass is 9.51. The Morgan fingerprint density at radius 1 is 0.451 bits per heavy atom.